The van der Waals surface area contributed by atoms with Crippen molar-refractivity contribution in [2.75, 3.05) is 0 Å². The third-order valence-electron chi connectivity index (χ3n) is 3.36. The standard InChI is InChI=1S/C13H20N2/c1-10-5-6-13(8-10)15-11(2)12-4-3-7-14-9-12/h3-4,7,9-11,13,15H,5-6,8H2,1-2H3/t10-,11-,13+/m1/s1. The fourth-order valence-electron chi connectivity index (χ4n) is 2.44. The summed E-state index contributed by atoms with van der Waals surface area (Å²) in [6.45, 7) is 4.57. The lowest BCUT2D eigenvalue weighted by Crippen LogP contribution is -2.29. The molecule has 0 unspecified atom stereocenters. The summed E-state index contributed by atoms with van der Waals surface area (Å²) in [4.78, 5) is 4.16. The molecule has 82 valence electrons. The first-order valence-corrected chi connectivity index (χ1v) is 5.91. The maximum Gasteiger partial charge on any atom is 0.0315 e. The van der Waals surface area contributed by atoms with E-state index in [-0.39, 0.29) is 0 Å². The Kier molecular flexibility index (Phi) is 3.37. The van der Waals surface area contributed by atoms with Crippen LogP contribution in [0.5, 0.6) is 0 Å². The molecule has 0 saturated heterocycles. The molecule has 15 heavy (non-hydrogen) atoms. The minimum absolute atomic E-state index is 0.425. The van der Waals surface area contributed by atoms with E-state index >= 15 is 0 Å². The summed E-state index contributed by atoms with van der Waals surface area (Å²) >= 11 is 0. The lowest BCUT2D eigenvalue weighted by atomic mass is 10.1. The first kappa shape index (κ1) is 10.6. The van der Waals surface area contributed by atoms with Gasteiger partial charge >= 0.3 is 0 Å². The maximum atomic E-state index is 4.16. The van der Waals surface area contributed by atoms with Gasteiger partial charge < -0.3 is 5.32 Å². The number of hydrogen-bond donors (Lipinski definition) is 1. The van der Waals surface area contributed by atoms with Crippen molar-refractivity contribution in [1.29, 1.82) is 0 Å². The molecular weight excluding hydrogens is 184 g/mol. The highest BCUT2D eigenvalue weighted by atomic mass is 15.0. The molecule has 3 atom stereocenters. The number of pyridine rings is 1. The Balaban J connectivity index is 1.90. The largest absolute Gasteiger partial charge is 0.307 e. The first-order valence-electron chi connectivity index (χ1n) is 5.91. The van der Waals surface area contributed by atoms with Gasteiger partial charge in [0.2, 0.25) is 0 Å². The van der Waals surface area contributed by atoms with Gasteiger partial charge in [-0.2, -0.15) is 0 Å². The second-order valence-electron chi connectivity index (χ2n) is 4.79. The molecule has 2 heteroatoms. The molecule has 1 aromatic heterocycles. The smallest absolute Gasteiger partial charge is 0.0315 e. The summed E-state index contributed by atoms with van der Waals surface area (Å²) in [6.07, 6.45) is 7.80. The van der Waals surface area contributed by atoms with Crippen molar-refractivity contribution in [3.05, 3.63) is 30.1 Å². The van der Waals surface area contributed by atoms with Gasteiger partial charge in [-0.3, -0.25) is 4.98 Å². The highest BCUT2D eigenvalue weighted by Gasteiger charge is 2.22. The third-order valence-corrected chi connectivity index (χ3v) is 3.36. The highest BCUT2D eigenvalue weighted by molar-refractivity contribution is 5.13. The number of rotatable bonds is 3. The fraction of sp³-hybridized carbons (Fsp3) is 0.615. The SMILES string of the molecule is C[C@@H]1CC[C@H](N[C@H](C)c2cccnc2)C1. The molecule has 2 rings (SSSR count). The van der Waals surface area contributed by atoms with E-state index in [4.69, 9.17) is 0 Å². The molecule has 1 saturated carbocycles. The van der Waals surface area contributed by atoms with Crippen LogP contribution in [0.15, 0.2) is 24.5 Å². The number of aromatic nitrogens is 1. The number of hydrogen-bond acceptors (Lipinski definition) is 2. The average Bonchev–Trinajstić information content (AvgIpc) is 2.65. The van der Waals surface area contributed by atoms with Crippen LogP contribution in [-0.2, 0) is 0 Å². The average molecular weight is 204 g/mol. The van der Waals surface area contributed by atoms with Crippen molar-refractivity contribution in [2.45, 2.75) is 45.2 Å². The van der Waals surface area contributed by atoms with E-state index in [1.165, 1.54) is 24.8 Å². The molecule has 1 aliphatic rings. The summed E-state index contributed by atoms with van der Waals surface area (Å²) in [7, 11) is 0. The van der Waals surface area contributed by atoms with E-state index in [0.29, 0.717) is 12.1 Å². The van der Waals surface area contributed by atoms with Gasteiger partial charge in [-0.05, 0) is 43.7 Å². The van der Waals surface area contributed by atoms with Gasteiger partial charge in [-0.25, -0.2) is 0 Å². The summed E-state index contributed by atoms with van der Waals surface area (Å²) in [5.41, 5.74) is 1.29. The van der Waals surface area contributed by atoms with Crippen LogP contribution in [0.1, 0.15) is 44.7 Å². The summed E-state index contributed by atoms with van der Waals surface area (Å²) < 4.78 is 0. The Hall–Kier alpha value is -0.890. The molecule has 1 aromatic rings. The molecule has 1 fully saturated rings. The quantitative estimate of drug-likeness (QED) is 0.819. The van der Waals surface area contributed by atoms with Gasteiger partial charge in [0, 0.05) is 24.5 Å². The lowest BCUT2D eigenvalue weighted by molar-refractivity contribution is 0.448. The summed E-state index contributed by atoms with van der Waals surface area (Å²) in [5.74, 6) is 0.892. The fourth-order valence-corrected chi connectivity index (χ4v) is 2.44. The van der Waals surface area contributed by atoms with Crippen LogP contribution in [0, 0.1) is 5.92 Å². The molecule has 1 N–H and O–H groups in total. The molecule has 0 bridgehead atoms. The minimum Gasteiger partial charge on any atom is -0.307 e. The van der Waals surface area contributed by atoms with Gasteiger partial charge in [0.1, 0.15) is 0 Å². The Morgan fingerprint density at radius 1 is 1.47 bits per heavy atom. The van der Waals surface area contributed by atoms with E-state index in [9.17, 15) is 0 Å². The zero-order chi connectivity index (χ0) is 10.7. The Morgan fingerprint density at radius 3 is 2.93 bits per heavy atom. The van der Waals surface area contributed by atoms with Crippen LogP contribution in [0.25, 0.3) is 0 Å². The second kappa shape index (κ2) is 4.75. The Labute approximate surface area is 92.1 Å². The number of nitrogens with zero attached hydrogens (tertiary/aromatic N) is 1. The van der Waals surface area contributed by atoms with E-state index in [1.54, 1.807) is 0 Å². The predicted octanol–water partition coefficient (Wildman–Crippen LogP) is 2.92. The van der Waals surface area contributed by atoms with Crippen molar-refractivity contribution in [2.24, 2.45) is 5.92 Å². The third kappa shape index (κ3) is 2.78. The van der Waals surface area contributed by atoms with Crippen LogP contribution >= 0.6 is 0 Å². The van der Waals surface area contributed by atoms with Crippen LogP contribution in [0.3, 0.4) is 0 Å². The predicted molar refractivity (Wildman–Crippen MR) is 62.6 cm³/mol. The Bertz CT molecular complexity index is 297. The molecule has 0 aromatic carbocycles. The van der Waals surface area contributed by atoms with Gasteiger partial charge in [0.05, 0.1) is 0 Å². The second-order valence-corrected chi connectivity index (χ2v) is 4.79. The monoisotopic (exact) mass is 204 g/mol. The van der Waals surface area contributed by atoms with E-state index in [2.05, 4.69) is 30.2 Å². The Morgan fingerprint density at radius 2 is 2.33 bits per heavy atom. The van der Waals surface area contributed by atoms with Crippen molar-refractivity contribution < 1.29 is 0 Å². The van der Waals surface area contributed by atoms with Crippen molar-refractivity contribution in [3.8, 4) is 0 Å². The maximum absolute atomic E-state index is 4.16. The van der Waals surface area contributed by atoms with Crippen molar-refractivity contribution in [1.82, 2.24) is 10.3 Å². The van der Waals surface area contributed by atoms with E-state index in [1.807, 2.05) is 18.5 Å². The van der Waals surface area contributed by atoms with E-state index in [0.717, 1.165) is 5.92 Å². The summed E-state index contributed by atoms with van der Waals surface area (Å²) in [5, 5.41) is 3.69. The topological polar surface area (TPSA) is 24.9 Å². The van der Waals surface area contributed by atoms with E-state index < -0.39 is 0 Å². The van der Waals surface area contributed by atoms with Crippen molar-refractivity contribution in [3.63, 3.8) is 0 Å². The highest BCUT2D eigenvalue weighted by Crippen LogP contribution is 2.26. The molecule has 2 nitrogen and oxygen atoms in total. The van der Waals surface area contributed by atoms with Crippen molar-refractivity contribution >= 4 is 0 Å². The van der Waals surface area contributed by atoms with Crippen LogP contribution in [0.2, 0.25) is 0 Å². The molecular formula is C13H20N2. The van der Waals surface area contributed by atoms with Crippen LogP contribution in [0.4, 0.5) is 0 Å². The molecule has 0 amide bonds. The van der Waals surface area contributed by atoms with Gasteiger partial charge in [0.15, 0.2) is 0 Å². The molecule has 0 aliphatic heterocycles. The first-order chi connectivity index (χ1) is 7.25. The molecule has 0 radical (unpaired) electrons. The molecule has 0 spiro atoms. The van der Waals surface area contributed by atoms with Gasteiger partial charge in [-0.1, -0.05) is 13.0 Å². The number of nitrogens with one attached hydrogen (secondary N) is 1. The van der Waals surface area contributed by atoms with Gasteiger partial charge in [0.25, 0.3) is 0 Å². The zero-order valence-corrected chi connectivity index (χ0v) is 9.61. The molecule has 1 heterocycles. The summed E-state index contributed by atoms with van der Waals surface area (Å²) in [6, 6.07) is 5.28. The van der Waals surface area contributed by atoms with Crippen LogP contribution in [-0.4, -0.2) is 11.0 Å². The molecule has 1 aliphatic carbocycles. The lowest BCUT2D eigenvalue weighted by Gasteiger charge is -2.19. The van der Waals surface area contributed by atoms with Crippen LogP contribution < -0.4 is 5.32 Å². The zero-order valence-electron chi connectivity index (χ0n) is 9.61. The van der Waals surface area contributed by atoms with Gasteiger partial charge in [-0.15, -0.1) is 0 Å². The normalized spacial score (nSPS) is 27.9. The minimum atomic E-state index is 0.425.